The van der Waals surface area contributed by atoms with Gasteiger partial charge in [0.2, 0.25) is 5.95 Å². The van der Waals surface area contributed by atoms with Crippen LogP contribution in [0.5, 0.6) is 5.75 Å². The lowest BCUT2D eigenvalue weighted by molar-refractivity contribution is 0.0600. The van der Waals surface area contributed by atoms with E-state index in [0.29, 0.717) is 18.1 Å². The number of carbonyl (C=O) groups is 1. The first kappa shape index (κ1) is 19.7. The molecule has 2 aromatic carbocycles. The smallest absolute Gasteiger partial charge is 0.337 e. The summed E-state index contributed by atoms with van der Waals surface area (Å²) in [4.78, 5) is 20.7. The number of para-hydroxylation sites is 1. The first-order valence-electron chi connectivity index (χ1n) is 9.31. The third-order valence-corrected chi connectivity index (χ3v) is 5.26. The highest BCUT2D eigenvalue weighted by Gasteiger charge is 2.10. The van der Waals surface area contributed by atoms with Crippen molar-refractivity contribution in [3.63, 3.8) is 0 Å². The zero-order chi connectivity index (χ0) is 20.8. The van der Waals surface area contributed by atoms with Crippen molar-refractivity contribution in [1.82, 2.24) is 9.97 Å². The van der Waals surface area contributed by atoms with Crippen LogP contribution in [0.15, 0.2) is 66.0 Å². The van der Waals surface area contributed by atoms with E-state index in [1.54, 1.807) is 23.5 Å². The maximum atomic E-state index is 11.6. The highest BCUT2D eigenvalue weighted by atomic mass is 32.1. The molecule has 0 saturated carbocycles. The van der Waals surface area contributed by atoms with Gasteiger partial charge >= 0.3 is 5.97 Å². The first-order chi connectivity index (χ1) is 14.7. The quantitative estimate of drug-likeness (QED) is 0.320. The summed E-state index contributed by atoms with van der Waals surface area (Å²) in [5.74, 6) is 1.66. The summed E-state index contributed by atoms with van der Waals surface area (Å²) in [5, 5.41) is 8.46. The molecule has 2 heterocycles. The molecule has 0 unspecified atom stereocenters. The number of esters is 1. The number of fused-ring (bicyclic) bond motifs is 1. The van der Waals surface area contributed by atoms with E-state index >= 15 is 0 Å². The number of ether oxygens (including phenoxy) is 2. The van der Waals surface area contributed by atoms with Crippen LogP contribution < -0.4 is 15.4 Å². The largest absolute Gasteiger partial charge is 0.473 e. The van der Waals surface area contributed by atoms with Crippen molar-refractivity contribution in [3.05, 3.63) is 77.2 Å². The van der Waals surface area contributed by atoms with Gasteiger partial charge in [0.1, 0.15) is 11.6 Å². The maximum absolute atomic E-state index is 11.6. The minimum Gasteiger partial charge on any atom is -0.473 e. The summed E-state index contributed by atoms with van der Waals surface area (Å²) >= 11 is 1.58. The van der Waals surface area contributed by atoms with E-state index in [1.807, 2.05) is 53.9 Å². The fourth-order valence-electron chi connectivity index (χ4n) is 2.83. The van der Waals surface area contributed by atoms with E-state index in [2.05, 4.69) is 20.6 Å². The Hall–Kier alpha value is -3.65. The number of thiophene rings is 1. The highest BCUT2D eigenvalue weighted by molar-refractivity contribution is 7.17. The van der Waals surface area contributed by atoms with Gasteiger partial charge in [0.25, 0.3) is 0 Å². The van der Waals surface area contributed by atoms with E-state index in [4.69, 9.17) is 9.47 Å². The Morgan fingerprint density at radius 3 is 2.57 bits per heavy atom. The fourth-order valence-corrected chi connectivity index (χ4v) is 3.62. The summed E-state index contributed by atoms with van der Waals surface area (Å²) in [5.41, 5.74) is 2.41. The molecule has 4 aromatic rings. The van der Waals surface area contributed by atoms with Gasteiger partial charge in [-0.3, -0.25) is 0 Å². The summed E-state index contributed by atoms with van der Waals surface area (Å²) in [6, 6.07) is 18.8. The summed E-state index contributed by atoms with van der Waals surface area (Å²) in [7, 11) is 1.37. The molecule has 2 N–H and O–H groups in total. The molecule has 0 aliphatic heterocycles. The van der Waals surface area contributed by atoms with Crippen molar-refractivity contribution in [2.75, 3.05) is 24.5 Å². The zero-order valence-electron chi connectivity index (χ0n) is 16.3. The standard InChI is InChI=1S/C22H20N4O3S/c1-28-21(27)16-9-7-15(8-10-16)13-23-20-19-18(11-12-30-19)25-22(26-20)24-14-29-17-5-3-2-4-6-17/h2-12H,13-14H2,1H3,(H2,23,24,25,26). The monoisotopic (exact) mass is 420 g/mol. The molecule has 0 spiro atoms. The number of anilines is 2. The third-order valence-electron chi connectivity index (χ3n) is 4.35. The molecule has 0 aliphatic carbocycles. The number of nitrogens with one attached hydrogen (secondary N) is 2. The average molecular weight is 420 g/mol. The second-order valence-corrected chi connectivity index (χ2v) is 7.27. The molecule has 0 atom stereocenters. The van der Waals surface area contributed by atoms with Gasteiger partial charge in [-0.05, 0) is 41.3 Å². The molecular weight excluding hydrogens is 400 g/mol. The predicted octanol–water partition coefficient (Wildman–Crippen LogP) is 4.54. The molecule has 0 fully saturated rings. The van der Waals surface area contributed by atoms with E-state index in [-0.39, 0.29) is 12.7 Å². The average Bonchev–Trinajstić information content (AvgIpc) is 3.27. The van der Waals surface area contributed by atoms with Crippen LogP contribution in [0.1, 0.15) is 15.9 Å². The van der Waals surface area contributed by atoms with Crippen molar-refractivity contribution < 1.29 is 14.3 Å². The van der Waals surface area contributed by atoms with Crippen molar-refractivity contribution in [2.24, 2.45) is 0 Å². The Kier molecular flexibility index (Phi) is 6.05. The molecule has 0 amide bonds. The van der Waals surface area contributed by atoms with Crippen molar-refractivity contribution >= 4 is 39.3 Å². The number of hydrogen-bond donors (Lipinski definition) is 2. The number of rotatable bonds is 8. The molecule has 0 bridgehead atoms. The van der Waals surface area contributed by atoms with E-state index < -0.39 is 0 Å². The molecule has 152 valence electrons. The topological polar surface area (TPSA) is 85.4 Å². The Bertz CT molecular complexity index is 1130. The molecule has 8 heteroatoms. The summed E-state index contributed by atoms with van der Waals surface area (Å²) in [6.45, 7) is 0.819. The Balaban J connectivity index is 1.44. The van der Waals surface area contributed by atoms with Crippen LogP contribution in [0.2, 0.25) is 0 Å². The number of hydrogen-bond acceptors (Lipinski definition) is 8. The molecule has 4 rings (SSSR count). The minimum atomic E-state index is -0.348. The SMILES string of the molecule is COC(=O)c1ccc(CNc2nc(NCOc3ccccc3)nc3ccsc23)cc1. The van der Waals surface area contributed by atoms with Crippen molar-refractivity contribution in [1.29, 1.82) is 0 Å². The van der Waals surface area contributed by atoms with Crippen molar-refractivity contribution in [3.8, 4) is 5.75 Å². The van der Waals surface area contributed by atoms with Gasteiger partial charge in [0.15, 0.2) is 6.73 Å². The fraction of sp³-hybridized carbons (Fsp3) is 0.136. The Labute approximate surface area is 177 Å². The number of carbonyl (C=O) groups excluding carboxylic acids is 1. The van der Waals surface area contributed by atoms with Crippen LogP contribution in [0.25, 0.3) is 10.2 Å². The lowest BCUT2D eigenvalue weighted by Crippen LogP contribution is -2.12. The summed E-state index contributed by atoms with van der Waals surface area (Å²) in [6.07, 6.45) is 0. The third kappa shape index (κ3) is 4.66. The number of benzene rings is 2. The second-order valence-electron chi connectivity index (χ2n) is 6.35. The molecular formula is C22H20N4O3S. The number of nitrogens with zero attached hydrogens (tertiary/aromatic N) is 2. The Morgan fingerprint density at radius 2 is 1.80 bits per heavy atom. The lowest BCUT2D eigenvalue weighted by Gasteiger charge is -2.11. The Morgan fingerprint density at radius 1 is 1.00 bits per heavy atom. The zero-order valence-corrected chi connectivity index (χ0v) is 17.1. The maximum Gasteiger partial charge on any atom is 0.337 e. The van der Waals surface area contributed by atoms with Gasteiger partial charge in [-0.1, -0.05) is 30.3 Å². The summed E-state index contributed by atoms with van der Waals surface area (Å²) < 4.78 is 11.4. The lowest BCUT2D eigenvalue weighted by atomic mass is 10.1. The van der Waals surface area contributed by atoms with E-state index in [9.17, 15) is 4.79 Å². The minimum absolute atomic E-state index is 0.258. The highest BCUT2D eigenvalue weighted by Crippen LogP contribution is 2.27. The van der Waals surface area contributed by atoms with E-state index in [0.717, 1.165) is 27.3 Å². The van der Waals surface area contributed by atoms with Crippen LogP contribution in [0, 0.1) is 0 Å². The second kappa shape index (κ2) is 9.23. The van der Waals surface area contributed by atoms with Crippen LogP contribution in [0.4, 0.5) is 11.8 Å². The van der Waals surface area contributed by atoms with Gasteiger partial charge in [-0.25, -0.2) is 9.78 Å². The van der Waals surface area contributed by atoms with Gasteiger partial charge in [0, 0.05) is 6.54 Å². The molecule has 7 nitrogen and oxygen atoms in total. The van der Waals surface area contributed by atoms with Crippen LogP contribution in [-0.2, 0) is 11.3 Å². The molecule has 0 saturated heterocycles. The van der Waals surface area contributed by atoms with Gasteiger partial charge in [0.05, 0.1) is 22.9 Å². The molecule has 2 aromatic heterocycles. The van der Waals surface area contributed by atoms with Crippen LogP contribution in [0.3, 0.4) is 0 Å². The number of methoxy groups -OCH3 is 1. The molecule has 0 aliphatic rings. The molecule has 30 heavy (non-hydrogen) atoms. The predicted molar refractivity (Wildman–Crippen MR) is 118 cm³/mol. The first-order valence-corrected chi connectivity index (χ1v) is 10.2. The van der Waals surface area contributed by atoms with Crippen LogP contribution >= 0.6 is 11.3 Å². The normalized spacial score (nSPS) is 10.6. The van der Waals surface area contributed by atoms with Gasteiger partial charge < -0.3 is 20.1 Å². The number of aromatic nitrogens is 2. The van der Waals surface area contributed by atoms with Crippen molar-refractivity contribution in [2.45, 2.75) is 6.54 Å². The van der Waals surface area contributed by atoms with Gasteiger partial charge in [-0.15, -0.1) is 11.3 Å². The van der Waals surface area contributed by atoms with Gasteiger partial charge in [-0.2, -0.15) is 4.98 Å². The van der Waals surface area contributed by atoms with Crippen LogP contribution in [-0.4, -0.2) is 29.8 Å². The molecule has 0 radical (unpaired) electrons. The van der Waals surface area contributed by atoms with E-state index in [1.165, 1.54) is 7.11 Å².